The van der Waals surface area contributed by atoms with Gasteiger partial charge in [0.1, 0.15) is 5.69 Å². The molecule has 0 aliphatic carbocycles. The van der Waals surface area contributed by atoms with Crippen LogP contribution in [0.15, 0.2) is 34.9 Å². The van der Waals surface area contributed by atoms with E-state index in [9.17, 15) is 9.59 Å². The monoisotopic (exact) mass is 305 g/mol. The zero-order valence-corrected chi connectivity index (χ0v) is 11.7. The maximum Gasteiger partial charge on any atom is 0.234 e. The number of primary amides is 1. The topological polar surface area (TPSA) is 89.4 Å². The van der Waals surface area contributed by atoms with Crippen molar-refractivity contribution in [2.24, 2.45) is 11.7 Å². The number of nitrogens with zero attached hydrogens (tertiary/aromatic N) is 2. The number of halogens is 1. The first-order valence-corrected chi connectivity index (χ1v) is 6.75. The molecule has 1 unspecified atom stereocenters. The highest BCUT2D eigenvalue weighted by molar-refractivity contribution is 6.30. The van der Waals surface area contributed by atoms with Gasteiger partial charge in [-0.1, -0.05) is 28.9 Å². The van der Waals surface area contributed by atoms with Gasteiger partial charge in [-0.3, -0.25) is 14.5 Å². The van der Waals surface area contributed by atoms with Crippen LogP contribution in [0.1, 0.15) is 6.42 Å². The lowest BCUT2D eigenvalue weighted by Crippen LogP contribution is -2.28. The molecule has 1 aromatic carbocycles. The summed E-state index contributed by atoms with van der Waals surface area (Å²) < 4.78 is 5.20. The van der Waals surface area contributed by atoms with Crippen LogP contribution in [-0.2, 0) is 9.59 Å². The Balaban J connectivity index is 1.84. The quantitative estimate of drug-likeness (QED) is 0.937. The first-order valence-electron chi connectivity index (χ1n) is 6.37. The van der Waals surface area contributed by atoms with Gasteiger partial charge in [-0.2, -0.15) is 0 Å². The van der Waals surface area contributed by atoms with Crippen LogP contribution in [0.4, 0.5) is 5.88 Å². The van der Waals surface area contributed by atoms with Gasteiger partial charge in [0, 0.05) is 29.6 Å². The van der Waals surface area contributed by atoms with Gasteiger partial charge in [0.2, 0.25) is 17.7 Å². The molecule has 2 amide bonds. The van der Waals surface area contributed by atoms with Gasteiger partial charge in [-0.05, 0) is 12.1 Å². The predicted molar refractivity (Wildman–Crippen MR) is 76.6 cm³/mol. The summed E-state index contributed by atoms with van der Waals surface area (Å²) >= 11 is 5.83. The first kappa shape index (κ1) is 13.6. The number of aromatic nitrogens is 1. The van der Waals surface area contributed by atoms with E-state index < -0.39 is 11.8 Å². The van der Waals surface area contributed by atoms with E-state index in [-0.39, 0.29) is 18.9 Å². The number of anilines is 1. The molecule has 108 valence electrons. The predicted octanol–water partition coefficient (Wildman–Crippen LogP) is 1.83. The minimum absolute atomic E-state index is 0.103. The summed E-state index contributed by atoms with van der Waals surface area (Å²) in [5.74, 6) is -0.851. The highest BCUT2D eigenvalue weighted by Crippen LogP contribution is 2.29. The van der Waals surface area contributed by atoms with Gasteiger partial charge in [-0.15, -0.1) is 0 Å². The third kappa shape index (κ3) is 2.62. The van der Waals surface area contributed by atoms with E-state index in [0.717, 1.165) is 5.56 Å². The molecule has 1 aliphatic rings. The Hall–Kier alpha value is -2.34. The largest absolute Gasteiger partial charge is 0.369 e. The molecule has 7 heteroatoms. The van der Waals surface area contributed by atoms with Crippen molar-refractivity contribution in [3.63, 3.8) is 0 Å². The van der Waals surface area contributed by atoms with Crippen molar-refractivity contribution in [1.82, 2.24) is 5.16 Å². The summed E-state index contributed by atoms with van der Waals surface area (Å²) in [6.07, 6.45) is 0.103. The van der Waals surface area contributed by atoms with Crippen molar-refractivity contribution in [1.29, 1.82) is 0 Å². The van der Waals surface area contributed by atoms with E-state index in [1.165, 1.54) is 4.90 Å². The van der Waals surface area contributed by atoms with E-state index in [1.807, 2.05) is 12.1 Å². The smallest absolute Gasteiger partial charge is 0.234 e. The number of rotatable bonds is 3. The molecule has 0 spiro atoms. The van der Waals surface area contributed by atoms with Crippen LogP contribution >= 0.6 is 11.6 Å². The molecule has 1 atom stereocenters. The Morgan fingerprint density at radius 3 is 2.71 bits per heavy atom. The molecule has 1 aliphatic heterocycles. The van der Waals surface area contributed by atoms with Crippen LogP contribution < -0.4 is 10.6 Å². The van der Waals surface area contributed by atoms with Crippen LogP contribution in [0.2, 0.25) is 5.02 Å². The molecule has 2 aromatic rings. The average Bonchev–Trinajstić information content (AvgIpc) is 3.06. The van der Waals surface area contributed by atoms with Crippen LogP contribution in [0.25, 0.3) is 11.3 Å². The molecule has 0 saturated carbocycles. The fraction of sp³-hybridized carbons (Fsp3) is 0.214. The lowest BCUT2D eigenvalue weighted by Gasteiger charge is -2.10. The molecular weight excluding hydrogens is 294 g/mol. The Kier molecular flexibility index (Phi) is 3.39. The van der Waals surface area contributed by atoms with E-state index in [0.29, 0.717) is 16.6 Å². The molecular formula is C14H12ClN3O3. The van der Waals surface area contributed by atoms with Gasteiger partial charge < -0.3 is 10.3 Å². The third-order valence-electron chi connectivity index (χ3n) is 3.43. The van der Waals surface area contributed by atoms with Gasteiger partial charge in [0.15, 0.2) is 0 Å². The molecule has 3 rings (SSSR count). The Morgan fingerprint density at radius 1 is 1.38 bits per heavy atom. The van der Waals surface area contributed by atoms with Crippen molar-refractivity contribution in [2.75, 3.05) is 11.4 Å². The van der Waals surface area contributed by atoms with Gasteiger partial charge in [0.25, 0.3) is 0 Å². The molecule has 2 heterocycles. The Labute approximate surface area is 125 Å². The maximum atomic E-state index is 11.9. The molecule has 6 nitrogen and oxygen atoms in total. The van der Waals surface area contributed by atoms with Crippen LogP contribution in [-0.4, -0.2) is 23.5 Å². The number of carbonyl (C=O) groups is 2. The summed E-state index contributed by atoms with van der Waals surface area (Å²) in [6.45, 7) is 0.226. The fourth-order valence-electron chi connectivity index (χ4n) is 2.26. The Bertz CT molecular complexity index is 696. The average molecular weight is 306 g/mol. The zero-order valence-electron chi connectivity index (χ0n) is 11.0. The van der Waals surface area contributed by atoms with Crippen LogP contribution in [0.3, 0.4) is 0 Å². The SMILES string of the molecule is NC(=O)C1CC(=O)N(c2cc(-c3ccc(Cl)cc3)no2)C1. The number of carbonyl (C=O) groups excluding carboxylic acids is 2. The molecule has 1 fully saturated rings. The van der Waals surface area contributed by atoms with Gasteiger partial charge in [-0.25, -0.2) is 0 Å². The highest BCUT2D eigenvalue weighted by Gasteiger charge is 2.35. The van der Waals surface area contributed by atoms with Gasteiger partial charge >= 0.3 is 0 Å². The summed E-state index contributed by atoms with van der Waals surface area (Å²) in [5.41, 5.74) is 6.65. The normalized spacial score (nSPS) is 18.2. The Morgan fingerprint density at radius 2 is 2.10 bits per heavy atom. The maximum absolute atomic E-state index is 11.9. The molecule has 0 radical (unpaired) electrons. The number of benzene rings is 1. The summed E-state index contributed by atoms with van der Waals surface area (Å²) in [4.78, 5) is 24.5. The zero-order chi connectivity index (χ0) is 15.0. The molecule has 21 heavy (non-hydrogen) atoms. The molecule has 2 N–H and O–H groups in total. The molecule has 1 saturated heterocycles. The lowest BCUT2D eigenvalue weighted by molar-refractivity contribution is -0.123. The van der Waals surface area contributed by atoms with E-state index in [4.69, 9.17) is 21.9 Å². The van der Waals surface area contributed by atoms with Crippen molar-refractivity contribution < 1.29 is 14.1 Å². The lowest BCUT2D eigenvalue weighted by atomic mass is 10.1. The number of hydrogen-bond acceptors (Lipinski definition) is 4. The highest BCUT2D eigenvalue weighted by atomic mass is 35.5. The number of amides is 2. The van der Waals surface area contributed by atoms with Gasteiger partial charge in [0.05, 0.1) is 5.92 Å². The fourth-order valence-corrected chi connectivity index (χ4v) is 2.39. The second-order valence-corrected chi connectivity index (χ2v) is 5.30. The van der Waals surface area contributed by atoms with E-state index in [1.54, 1.807) is 18.2 Å². The summed E-state index contributed by atoms with van der Waals surface area (Å²) in [5, 5.41) is 4.56. The first-order chi connectivity index (χ1) is 10.0. The van der Waals surface area contributed by atoms with E-state index >= 15 is 0 Å². The molecule has 1 aromatic heterocycles. The van der Waals surface area contributed by atoms with Crippen molar-refractivity contribution >= 4 is 29.3 Å². The van der Waals surface area contributed by atoms with E-state index in [2.05, 4.69) is 5.16 Å². The second-order valence-electron chi connectivity index (χ2n) is 4.87. The third-order valence-corrected chi connectivity index (χ3v) is 3.68. The standard InChI is InChI=1S/C14H12ClN3O3/c15-10-3-1-8(2-4-10)11-6-13(21-17-11)18-7-9(14(16)20)5-12(18)19/h1-4,6,9H,5,7H2,(H2,16,20). The molecule has 0 bridgehead atoms. The van der Waals surface area contributed by atoms with Crippen molar-refractivity contribution in [3.05, 3.63) is 35.4 Å². The number of nitrogens with two attached hydrogens (primary N) is 1. The van der Waals surface area contributed by atoms with Crippen LogP contribution in [0.5, 0.6) is 0 Å². The second kappa shape index (κ2) is 5.21. The minimum atomic E-state index is -0.485. The summed E-state index contributed by atoms with van der Waals surface area (Å²) in [7, 11) is 0. The number of hydrogen-bond donors (Lipinski definition) is 1. The minimum Gasteiger partial charge on any atom is -0.369 e. The van der Waals surface area contributed by atoms with Crippen molar-refractivity contribution in [2.45, 2.75) is 6.42 Å². The van der Waals surface area contributed by atoms with Crippen molar-refractivity contribution in [3.8, 4) is 11.3 Å². The van der Waals surface area contributed by atoms with Crippen LogP contribution in [0, 0.1) is 5.92 Å². The summed E-state index contributed by atoms with van der Waals surface area (Å²) in [6, 6.07) is 8.76.